The minimum Gasteiger partial charge on any atom is -0.460 e. The normalized spacial score (nSPS) is 15.0. The molecular weight excluding hydrogens is 412 g/mol. The zero-order valence-corrected chi connectivity index (χ0v) is 21.7. The molecule has 32 heavy (non-hydrogen) atoms. The third-order valence-electron chi connectivity index (χ3n) is 3.87. The maximum atomic E-state index is 11.4. The van der Waals surface area contributed by atoms with Gasteiger partial charge in [-0.3, -0.25) is 19.2 Å². The highest BCUT2D eigenvalue weighted by Crippen LogP contribution is 2.08. The van der Waals surface area contributed by atoms with Crippen molar-refractivity contribution in [1.29, 1.82) is 0 Å². The molecule has 0 aromatic heterocycles. The van der Waals surface area contributed by atoms with E-state index in [0.29, 0.717) is 32.2 Å². The van der Waals surface area contributed by atoms with Crippen LogP contribution in [0.3, 0.4) is 0 Å². The molecule has 188 valence electrons. The number of esters is 2. The van der Waals surface area contributed by atoms with Gasteiger partial charge in [-0.1, -0.05) is 20.8 Å². The number of nitrogens with one attached hydrogen (secondary N) is 2. The molecule has 1 aliphatic heterocycles. The first-order chi connectivity index (χ1) is 14.6. The minimum absolute atomic E-state index is 0.0548. The quantitative estimate of drug-likeness (QED) is 0.421. The predicted octanol–water partition coefficient (Wildman–Crippen LogP) is 3.70. The summed E-state index contributed by atoms with van der Waals surface area (Å²) >= 11 is 0. The number of carbonyl (C=O) groups excluding carboxylic acids is 4. The van der Waals surface area contributed by atoms with E-state index in [0.717, 1.165) is 19.4 Å². The second-order valence-electron chi connectivity index (χ2n) is 9.45. The van der Waals surface area contributed by atoms with Crippen molar-refractivity contribution in [3.05, 3.63) is 0 Å². The lowest BCUT2D eigenvalue weighted by Gasteiger charge is -2.25. The molecule has 2 N–H and O–H groups in total. The van der Waals surface area contributed by atoms with Crippen molar-refractivity contribution in [1.82, 2.24) is 10.6 Å². The molecule has 1 heterocycles. The number of Topliss-reactive ketones (excluding diaryl/α,β-unsaturated/α-hetero) is 1. The first-order valence-electron chi connectivity index (χ1n) is 11.6. The van der Waals surface area contributed by atoms with E-state index in [9.17, 15) is 19.2 Å². The topological polar surface area (TPSA) is 111 Å². The van der Waals surface area contributed by atoms with Gasteiger partial charge in [0.2, 0.25) is 5.91 Å². The molecule has 0 spiro atoms. The lowest BCUT2D eigenvalue weighted by molar-refractivity contribution is -0.155. The van der Waals surface area contributed by atoms with Gasteiger partial charge in [0.05, 0.1) is 6.04 Å². The van der Waals surface area contributed by atoms with Crippen LogP contribution in [0.25, 0.3) is 0 Å². The molecule has 0 radical (unpaired) electrons. The summed E-state index contributed by atoms with van der Waals surface area (Å²) in [5, 5.41) is 5.82. The number of ether oxygens (including phenoxy) is 2. The van der Waals surface area contributed by atoms with Crippen LogP contribution in [0, 0.1) is 0 Å². The zero-order valence-electron chi connectivity index (χ0n) is 21.7. The van der Waals surface area contributed by atoms with Crippen LogP contribution < -0.4 is 10.6 Å². The second kappa shape index (κ2) is 16.6. The summed E-state index contributed by atoms with van der Waals surface area (Å²) in [4.78, 5) is 43.4. The fraction of sp³-hybridized carbons (Fsp3) is 0.833. The van der Waals surface area contributed by atoms with Gasteiger partial charge in [-0.25, -0.2) is 0 Å². The number of ketones is 1. The van der Waals surface area contributed by atoms with E-state index in [1.807, 2.05) is 48.5 Å². The number of hydrogen-bond acceptors (Lipinski definition) is 7. The largest absolute Gasteiger partial charge is 0.460 e. The van der Waals surface area contributed by atoms with Gasteiger partial charge >= 0.3 is 11.9 Å². The first-order valence-corrected chi connectivity index (χ1v) is 11.6. The highest BCUT2D eigenvalue weighted by Gasteiger charge is 2.23. The van der Waals surface area contributed by atoms with E-state index in [1.54, 1.807) is 13.8 Å². The molecule has 1 atom stereocenters. The number of amides is 1. The third-order valence-corrected chi connectivity index (χ3v) is 3.87. The Hall–Kier alpha value is -1.96. The molecule has 8 heteroatoms. The molecule has 1 unspecified atom stereocenters. The van der Waals surface area contributed by atoms with Crippen molar-refractivity contribution >= 4 is 23.6 Å². The molecule has 1 amide bonds. The fourth-order valence-electron chi connectivity index (χ4n) is 2.18. The van der Waals surface area contributed by atoms with Gasteiger partial charge in [-0.2, -0.15) is 0 Å². The first kappa shape index (κ1) is 32.2. The SMILES string of the molecule is CCC(=O)NCCCC(=O)C1CCN1.CCC(=O)OC(C)(C)C.CCC(=O)OC(C)(C)C. The summed E-state index contributed by atoms with van der Waals surface area (Å²) in [7, 11) is 0. The Balaban J connectivity index is 0. The molecule has 0 aromatic carbocycles. The Morgan fingerprint density at radius 1 is 0.844 bits per heavy atom. The Bertz CT molecular complexity index is 544. The van der Waals surface area contributed by atoms with Gasteiger partial charge in [0.1, 0.15) is 17.0 Å². The summed E-state index contributed by atoms with van der Waals surface area (Å²) in [6.07, 6.45) is 3.72. The number of hydrogen-bond donors (Lipinski definition) is 2. The maximum absolute atomic E-state index is 11.4. The van der Waals surface area contributed by atoms with Gasteiger partial charge in [0.25, 0.3) is 0 Å². The van der Waals surface area contributed by atoms with E-state index in [-0.39, 0.29) is 40.9 Å². The summed E-state index contributed by atoms with van der Waals surface area (Å²) in [5.41, 5.74) is -0.653. The molecule has 0 aromatic rings. The average molecular weight is 459 g/mol. The van der Waals surface area contributed by atoms with Gasteiger partial charge in [0, 0.05) is 32.2 Å². The molecule has 0 bridgehead atoms. The van der Waals surface area contributed by atoms with E-state index >= 15 is 0 Å². The van der Waals surface area contributed by atoms with Crippen molar-refractivity contribution in [3.8, 4) is 0 Å². The van der Waals surface area contributed by atoms with Crippen LogP contribution in [-0.2, 0) is 28.7 Å². The molecule has 1 saturated heterocycles. The Morgan fingerprint density at radius 2 is 1.28 bits per heavy atom. The summed E-state index contributed by atoms with van der Waals surface area (Å²) in [6.45, 7) is 18.1. The molecule has 1 rings (SSSR count). The maximum Gasteiger partial charge on any atom is 0.306 e. The van der Waals surface area contributed by atoms with Crippen LogP contribution in [0.15, 0.2) is 0 Å². The molecule has 1 aliphatic rings. The Morgan fingerprint density at radius 3 is 1.53 bits per heavy atom. The van der Waals surface area contributed by atoms with Gasteiger partial charge in [0.15, 0.2) is 0 Å². The lowest BCUT2D eigenvalue weighted by atomic mass is 9.99. The highest BCUT2D eigenvalue weighted by molar-refractivity contribution is 5.84. The van der Waals surface area contributed by atoms with Gasteiger partial charge in [-0.15, -0.1) is 0 Å². The fourth-order valence-corrected chi connectivity index (χ4v) is 2.18. The van der Waals surface area contributed by atoms with E-state index < -0.39 is 0 Å². The molecule has 0 saturated carbocycles. The Labute approximate surface area is 194 Å². The lowest BCUT2D eigenvalue weighted by Crippen LogP contribution is -2.48. The van der Waals surface area contributed by atoms with E-state index in [4.69, 9.17) is 9.47 Å². The molecule has 8 nitrogen and oxygen atoms in total. The standard InChI is InChI=1S/C10H18N2O2.2C7H14O2/c1-2-10(14)12-6-3-4-9(13)8-5-7-11-8;2*1-5-6(8)9-7(2,3)4/h8,11H,2-7H2,1H3,(H,12,14);2*5H2,1-4H3. The van der Waals surface area contributed by atoms with Crippen LogP contribution in [0.2, 0.25) is 0 Å². The molecule has 0 aliphatic carbocycles. The highest BCUT2D eigenvalue weighted by atomic mass is 16.6. The van der Waals surface area contributed by atoms with Crippen molar-refractivity contribution in [2.24, 2.45) is 0 Å². The van der Waals surface area contributed by atoms with Crippen molar-refractivity contribution in [2.75, 3.05) is 13.1 Å². The summed E-state index contributed by atoms with van der Waals surface area (Å²) in [6, 6.07) is 0.0943. The second-order valence-corrected chi connectivity index (χ2v) is 9.45. The van der Waals surface area contributed by atoms with Crippen LogP contribution in [0.5, 0.6) is 0 Å². The zero-order chi connectivity index (χ0) is 25.4. The third kappa shape index (κ3) is 21.3. The van der Waals surface area contributed by atoms with E-state index in [1.165, 1.54) is 0 Å². The summed E-state index contributed by atoms with van der Waals surface area (Å²) in [5.74, 6) is 0.0613. The van der Waals surface area contributed by atoms with E-state index in [2.05, 4.69) is 10.6 Å². The molecular formula is C24H46N2O6. The van der Waals surface area contributed by atoms with Crippen molar-refractivity contribution in [3.63, 3.8) is 0 Å². The summed E-state index contributed by atoms with van der Waals surface area (Å²) < 4.78 is 9.90. The minimum atomic E-state index is -0.326. The Kier molecular flexibility index (Phi) is 16.8. The smallest absolute Gasteiger partial charge is 0.306 e. The van der Waals surface area contributed by atoms with Crippen LogP contribution in [0.1, 0.15) is 101 Å². The molecule has 1 fully saturated rings. The van der Waals surface area contributed by atoms with Crippen LogP contribution in [-0.4, -0.2) is 54.0 Å². The number of carbonyl (C=O) groups is 4. The van der Waals surface area contributed by atoms with Crippen LogP contribution >= 0.6 is 0 Å². The van der Waals surface area contributed by atoms with Crippen molar-refractivity contribution in [2.45, 2.75) is 118 Å². The van der Waals surface area contributed by atoms with Crippen LogP contribution in [0.4, 0.5) is 0 Å². The monoisotopic (exact) mass is 458 g/mol. The predicted molar refractivity (Wildman–Crippen MR) is 126 cm³/mol. The average Bonchev–Trinajstić information content (AvgIpc) is 2.61. The number of rotatable bonds is 8. The van der Waals surface area contributed by atoms with Gasteiger partial charge in [-0.05, 0) is 60.9 Å². The van der Waals surface area contributed by atoms with Gasteiger partial charge < -0.3 is 20.1 Å². The van der Waals surface area contributed by atoms with Crippen molar-refractivity contribution < 1.29 is 28.7 Å².